The molecule has 1 unspecified atom stereocenters. The Bertz CT molecular complexity index is 1750. The Balaban J connectivity index is 1.35. The van der Waals surface area contributed by atoms with Gasteiger partial charge in [0.05, 0.1) is 29.9 Å². The molecule has 0 saturated heterocycles. The number of fused-ring (bicyclic) bond motifs is 4. The third-order valence-corrected chi connectivity index (χ3v) is 13.0. The third kappa shape index (κ3) is 6.65. The summed E-state index contributed by atoms with van der Waals surface area (Å²) in [6.45, 7) is 5.31. The number of benzene rings is 2. The molecule has 2 saturated carbocycles. The van der Waals surface area contributed by atoms with Gasteiger partial charge in [-0.1, -0.05) is 29.8 Å². The number of hydrogen-bond acceptors (Lipinski definition) is 7. The van der Waals surface area contributed by atoms with Gasteiger partial charge >= 0.3 is 0 Å². The number of carbonyl (C=O) groups excluding carboxylic acids is 2. The second kappa shape index (κ2) is 13.1. The first-order chi connectivity index (χ1) is 23.0. The van der Waals surface area contributed by atoms with E-state index in [2.05, 4.69) is 26.1 Å². The molecule has 2 amide bonds. The maximum atomic E-state index is 14.9. The largest absolute Gasteiger partial charge is 0.490 e. The molecule has 2 aliphatic heterocycles. The number of hydrogen-bond donors (Lipinski definition) is 1. The molecule has 9 nitrogen and oxygen atoms in total. The van der Waals surface area contributed by atoms with Gasteiger partial charge in [-0.15, -0.1) is 4.36 Å². The molecule has 5 aliphatic rings. The number of halogens is 1. The number of nitrogens with zero attached hydrogens (tertiary/aromatic N) is 2. The minimum Gasteiger partial charge on any atom is -0.490 e. The van der Waals surface area contributed by atoms with Crippen molar-refractivity contribution in [2.45, 2.75) is 87.2 Å². The number of methoxy groups -OCH3 is 1. The first kappa shape index (κ1) is 33.6. The van der Waals surface area contributed by atoms with Crippen LogP contribution in [0.2, 0.25) is 5.02 Å². The summed E-state index contributed by atoms with van der Waals surface area (Å²) in [5.74, 6) is 0.516. The van der Waals surface area contributed by atoms with E-state index in [-0.39, 0.29) is 41.3 Å². The number of amides is 2. The SMILES string of the molecule is CO[C@H]1/C=C/COC(C)(C)C(=O)N=S(=O)(NC(=O)CC2CC2)c2ccc3c(c2)N(C[C@@H]2CC[C@H]21)C[C@@]1(CCCc2cc(Cl)ccc21)CO3. The van der Waals surface area contributed by atoms with Crippen LogP contribution < -0.4 is 14.4 Å². The van der Waals surface area contributed by atoms with E-state index in [0.717, 1.165) is 62.2 Å². The molecule has 3 aliphatic carbocycles. The van der Waals surface area contributed by atoms with E-state index in [4.69, 9.17) is 25.8 Å². The maximum Gasteiger partial charge on any atom is 0.287 e. The standard InChI is InChI=1S/C37H46ClN3O6S/c1-36(2)35(43)40-48(44,39-34(42)18-24-8-9-24)28-12-15-33-31(20-28)41(21-26-10-13-29(26)32(45-3)7-5-17-47-36)22-37(23-46-33)16-4-6-25-19-27(38)11-14-30(25)37/h5,7,11-12,14-15,19-20,24,26,29,32H,4,6,8-10,13,16-18,21-23H2,1-3H3,(H,39,40,42,43,44)/b7-5+/t26-,29+,32-,37-,48?/m0/s1. The molecule has 2 aromatic carbocycles. The minimum atomic E-state index is -3.72. The molecule has 2 heterocycles. The lowest BCUT2D eigenvalue weighted by molar-refractivity contribution is -0.137. The highest BCUT2D eigenvalue weighted by molar-refractivity contribution is 7.92. The van der Waals surface area contributed by atoms with Crippen LogP contribution in [0, 0.1) is 17.8 Å². The predicted octanol–water partition coefficient (Wildman–Crippen LogP) is 6.40. The van der Waals surface area contributed by atoms with Crippen LogP contribution in [0.5, 0.6) is 5.75 Å². The first-order valence-corrected chi connectivity index (χ1v) is 19.1. The summed E-state index contributed by atoms with van der Waals surface area (Å²) in [7, 11) is -1.98. The van der Waals surface area contributed by atoms with Crippen LogP contribution in [0.1, 0.15) is 69.9 Å². The Morgan fingerprint density at radius 3 is 2.75 bits per heavy atom. The molecular formula is C37H46ClN3O6S. The van der Waals surface area contributed by atoms with Crippen LogP contribution in [0.3, 0.4) is 0 Å². The summed E-state index contributed by atoms with van der Waals surface area (Å²) in [6.07, 6.45) is 11.1. The van der Waals surface area contributed by atoms with E-state index in [1.165, 1.54) is 11.1 Å². The van der Waals surface area contributed by atoms with Crippen molar-refractivity contribution in [1.29, 1.82) is 0 Å². The molecule has 1 spiro atoms. The fraction of sp³-hybridized carbons (Fsp3) is 0.568. The van der Waals surface area contributed by atoms with Gasteiger partial charge in [-0.05, 0) is 118 Å². The topological polar surface area (TPSA) is 107 Å². The van der Waals surface area contributed by atoms with Gasteiger partial charge < -0.3 is 19.1 Å². The number of aryl methyl sites for hydroxylation is 1. The van der Waals surface area contributed by atoms with Gasteiger partial charge in [0.1, 0.15) is 11.4 Å². The number of nitrogens with one attached hydrogen (secondary N) is 1. The van der Waals surface area contributed by atoms with Crippen LogP contribution in [-0.2, 0) is 40.8 Å². The first-order valence-electron chi connectivity index (χ1n) is 17.2. The molecule has 258 valence electrons. The van der Waals surface area contributed by atoms with Crippen molar-refractivity contribution in [3.63, 3.8) is 0 Å². The number of rotatable bonds is 4. The smallest absolute Gasteiger partial charge is 0.287 e. The lowest BCUT2D eigenvalue weighted by Gasteiger charge is -2.46. The van der Waals surface area contributed by atoms with Gasteiger partial charge in [0.25, 0.3) is 5.91 Å². The lowest BCUT2D eigenvalue weighted by Crippen LogP contribution is -2.49. The van der Waals surface area contributed by atoms with Crippen molar-refractivity contribution in [3.05, 3.63) is 64.7 Å². The Morgan fingerprint density at radius 2 is 2.00 bits per heavy atom. The van der Waals surface area contributed by atoms with Gasteiger partial charge in [0, 0.05) is 37.1 Å². The predicted molar refractivity (Wildman–Crippen MR) is 186 cm³/mol. The summed E-state index contributed by atoms with van der Waals surface area (Å²) in [5, 5.41) is 0.736. The van der Waals surface area contributed by atoms with Crippen molar-refractivity contribution < 1.29 is 28.0 Å². The molecule has 1 N–H and O–H groups in total. The molecular weight excluding hydrogens is 650 g/mol. The molecule has 0 radical (unpaired) electrons. The van der Waals surface area contributed by atoms with Crippen LogP contribution in [0.25, 0.3) is 0 Å². The zero-order valence-electron chi connectivity index (χ0n) is 28.0. The Morgan fingerprint density at radius 1 is 1.17 bits per heavy atom. The average Bonchev–Trinajstić information content (AvgIpc) is 3.87. The molecule has 48 heavy (non-hydrogen) atoms. The van der Waals surface area contributed by atoms with Gasteiger partial charge in [-0.2, -0.15) is 0 Å². The monoisotopic (exact) mass is 695 g/mol. The van der Waals surface area contributed by atoms with Gasteiger partial charge in [0.15, 0.2) is 9.92 Å². The highest BCUT2D eigenvalue weighted by Crippen LogP contribution is 2.47. The lowest BCUT2D eigenvalue weighted by atomic mass is 9.68. The van der Waals surface area contributed by atoms with Crippen LogP contribution in [0.4, 0.5) is 5.69 Å². The van der Waals surface area contributed by atoms with E-state index in [0.29, 0.717) is 30.7 Å². The minimum absolute atomic E-state index is 0.0929. The Kier molecular flexibility index (Phi) is 9.15. The summed E-state index contributed by atoms with van der Waals surface area (Å²) in [6, 6.07) is 11.5. The van der Waals surface area contributed by atoms with Crippen LogP contribution in [-0.4, -0.2) is 61.1 Å². The van der Waals surface area contributed by atoms with Gasteiger partial charge in [-0.3, -0.25) is 14.3 Å². The Hall–Kier alpha value is -2.92. The second-order valence-electron chi connectivity index (χ2n) is 14.8. The molecule has 2 bridgehead atoms. The van der Waals surface area contributed by atoms with Crippen molar-refractivity contribution in [2.24, 2.45) is 22.1 Å². The zero-order chi connectivity index (χ0) is 33.7. The molecule has 7 rings (SSSR count). The molecule has 2 fully saturated rings. The van der Waals surface area contributed by atoms with Crippen molar-refractivity contribution in [1.82, 2.24) is 4.72 Å². The summed E-state index contributed by atoms with van der Waals surface area (Å²) in [5.41, 5.74) is 1.65. The second-order valence-corrected chi connectivity index (χ2v) is 17.1. The summed E-state index contributed by atoms with van der Waals surface area (Å²) in [4.78, 5) is 29.5. The Labute approximate surface area is 289 Å². The highest BCUT2D eigenvalue weighted by atomic mass is 35.5. The normalized spacial score (nSPS) is 32.0. The molecule has 2 aromatic rings. The van der Waals surface area contributed by atoms with Crippen molar-refractivity contribution >= 4 is 39.0 Å². The molecule has 0 aromatic heterocycles. The van der Waals surface area contributed by atoms with Crippen LogP contribution in [0.15, 0.2) is 57.8 Å². The fourth-order valence-electron chi connectivity index (χ4n) is 7.85. The van der Waals surface area contributed by atoms with Crippen molar-refractivity contribution in [2.75, 3.05) is 38.3 Å². The zero-order valence-corrected chi connectivity index (χ0v) is 29.6. The maximum absolute atomic E-state index is 14.9. The quantitative estimate of drug-likeness (QED) is 0.369. The average molecular weight is 696 g/mol. The highest BCUT2D eigenvalue weighted by Gasteiger charge is 2.45. The van der Waals surface area contributed by atoms with Crippen LogP contribution >= 0.6 is 11.6 Å². The number of anilines is 1. The summed E-state index contributed by atoms with van der Waals surface area (Å²) < 4.78 is 40.4. The summed E-state index contributed by atoms with van der Waals surface area (Å²) >= 11 is 6.46. The van der Waals surface area contributed by atoms with Gasteiger partial charge in [0.2, 0.25) is 5.91 Å². The van der Waals surface area contributed by atoms with E-state index >= 15 is 0 Å². The third-order valence-electron chi connectivity index (χ3n) is 11.0. The van der Waals surface area contributed by atoms with E-state index in [1.54, 1.807) is 27.0 Å². The molecule has 5 atom stereocenters. The van der Waals surface area contributed by atoms with Crippen molar-refractivity contribution in [3.8, 4) is 5.75 Å². The number of carbonyl (C=O) groups is 2. The molecule has 11 heteroatoms. The van der Waals surface area contributed by atoms with E-state index in [1.807, 2.05) is 30.4 Å². The fourth-order valence-corrected chi connectivity index (χ4v) is 9.68. The van der Waals surface area contributed by atoms with E-state index in [9.17, 15) is 13.8 Å². The van der Waals surface area contributed by atoms with Gasteiger partial charge in [-0.25, -0.2) is 4.21 Å². The van der Waals surface area contributed by atoms with E-state index < -0.39 is 21.4 Å². The number of ether oxygens (including phenoxy) is 3.